The number of rotatable bonds is 2. The van der Waals surface area contributed by atoms with Crippen molar-refractivity contribution < 1.29 is 24.0 Å². The van der Waals surface area contributed by atoms with Gasteiger partial charge in [-0.15, -0.1) is 0 Å². The molecule has 0 saturated carbocycles. The monoisotopic (exact) mass is 225 g/mol. The third-order valence-electron chi connectivity index (χ3n) is 1.20. The Labute approximate surface area is 70.9 Å². The molecule has 10 heavy (non-hydrogen) atoms. The van der Waals surface area contributed by atoms with Crippen LogP contribution < -0.4 is 0 Å². The van der Waals surface area contributed by atoms with Gasteiger partial charge in [-0.2, -0.15) is 0 Å². The van der Waals surface area contributed by atoms with Crippen molar-refractivity contribution in [2.75, 3.05) is 0 Å². The summed E-state index contributed by atoms with van der Waals surface area (Å²) in [5.41, 5.74) is 0.773. The molecular weight excluding hydrogens is 219 g/mol. The van der Waals surface area contributed by atoms with Crippen LogP contribution in [0.15, 0.2) is 30.3 Å². The zero-order chi connectivity index (χ0) is 7.40. The first kappa shape index (κ1) is 7.66. The fraction of sp³-hybridized carbons (Fsp3) is 0.125. The molecule has 1 rings (SSSR count). The second-order valence-electron chi connectivity index (χ2n) is 1.90. The van der Waals surface area contributed by atoms with E-state index < -0.39 is 0 Å². The molecule has 0 aliphatic carbocycles. The minimum atomic E-state index is 0.142. The molecule has 0 aromatic heterocycles. The van der Waals surface area contributed by atoms with E-state index in [0.29, 0.717) is 4.89 Å². The van der Waals surface area contributed by atoms with E-state index in [2.05, 4.69) is 19.2 Å². The first-order chi connectivity index (χ1) is 4.84. The quantitative estimate of drug-likeness (QED) is 0.554. The van der Waals surface area contributed by atoms with Gasteiger partial charge in [-0.05, 0) is 0 Å². The van der Waals surface area contributed by atoms with Gasteiger partial charge in [0.1, 0.15) is 0 Å². The van der Waals surface area contributed by atoms with E-state index >= 15 is 0 Å². The second-order valence-corrected chi connectivity index (χ2v) is 2.45. The molecule has 1 aromatic carbocycles. The van der Waals surface area contributed by atoms with Crippen LogP contribution in [0.25, 0.3) is 0 Å². The normalized spacial score (nSPS) is 9.40. The molecule has 0 aliphatic heterocycles. The number of hydrogen-bond donors (Lipinski definition) is 0. The molecule has 0 radical (unpaired) electrons. The summed E-state index contributed by atoms with van der Waals surface area (Å²) in [4.78, 5) is 11.4. The molecule has 0 heterocycles. The van der Waals surface area contributed by atoms with Gasteiger partial charge < -0.3 is 0 Å². The van der Waals surface area contributed by atoms with Crippen LogP contribution in [0.5, 0.6) is 0 Å². The van der Waals surface area contributed by atoms with Crippen LogP contribution in [0, 0.1) is 0 Å². The van der Waals surface area contributed by atoms with Crippen molar-refractivity contribution in [1.82, 2.24) is 0 Å². The first-order valence-corrected chi connectivity index (χ1v) is 4.04. The predicted octanol–water partition coefficient (Wildman–Crippen LogP) is 1.83. The molecule has 0 fully saturated rings. The fourth-order valence-electron chi connectivity index (χ4n) is 0.689. The van der Waals surface area contributed by atoms with E-state index in [9.17, 15) is 4.79 Å². The molecule has 2 heteroatoms. The average Bonchev–Trinajstić information content (AvgIpc) is 2.05. The molecule has 1 nitrogen and oxygen atoms in total. The van der Waals surface area contributed by atoms with Gasteiger partial charge in [0.25, 0.3) is 0 Å². The van der Waals surface area contributed by atoms with Crippen LogP contribution in [-0.2, 0) is 19.2 Å². The summed E-state index contributed by atoms with van der Waals surface area (Å²) in [5.74, 6) is 0.142. The van der Waals surface area contributed by atoms with Crippen LogP contribution in [0.1, 0.15) is 10.4 Å². The summed E-state index contributed by atoms with van der Waals surface area (Å²) in [6.07, 6.45) is 0. The van der Waals surface area contributed by atoms with Crippen LogP contribution in [0.3, 0.4) is 0 Å². The van der Waals surface area contributed by atoms with Crippen LogP contribution in [-0.4, -0.2) is 5.78 Å². The maximum atomic E-state index is 11.0. The van der Waals surface area contributed by atoms with E-state index in [4.69, 9.17) is 0 Å². The Morgan fingerprint density at radius 3 is 2.40 bits per heavy atom. The van der Waals surface area contributed by atoms with Crippen LogP contribution in [0.4, 0.5) is 0 Å². The van der Waals surface area contributed by atoms with Gasteiger partial charge >= 0.3 is 70.6 Å². The Morgan fingerprint density at radius 2 is 1.90 bits per heavy atom. The summed E-state index contributed by atoms with van der Waals surface area (Å²) in [7, 11) is 0. The number of Topliss-reactive ketones (excluding diaryl/α,β-unsaturated/α-hetero) is 1. The van der Waals surface area contributed by atoms with Crippen molar-refractivity contribution in [2.24, 2.45) is 0 Å². The number of hydrogen-bond acceptors (Lipinski definition) is 1. The van der Waals surface area contributed by atoms with E-state index in [1.165, 1.54) is 0 Å². The molecule has 0 saturated heterocycles. The molecule has 1 aromatic rings. The first-order valence-electron chi connectivity index (χ1n) is 2.94. The van der Waals surface area contributed by atoms with Crippen molar-refractivity contribution in [2.45, 2.75) is 4.89 Å². The molecule has 0 N–H and O–H groups in total. The van der Waals surface area contributed by atoms with Crippen molar-refractivity contribution >= 4 is 5.78 Å². The molecule has 0 aliphatic rings. The van der Waals surface area contributed by atoms with Gasteiger partial charge in [-0.25, -0.2) is 0 Å². The Bertz CT molecular complexity index is 218. The minimum absolute atomic E-state index is 0.142. The van der Waals surface area contributed by atoms with Gasteiger partial charge in [0.15, 0.2) is 0 Å². The molecule has 55 valence electrons. The zero-order valence-corrected chi connectivity index (χ0v) is 6.87. The van der Waals surface area contributed by atoms with Gasteiger partial charge in [0.2, 0.25) is 0 Å². The average molecular weight is 226 g/mol. The van der Waals surface area contributed by atoms with Gasteiger partial charge in [0, 0.05) is 0 Å². The van der Waals surface area contributed by atoms with Crippen molar-refractivity contribution in [3.8, 4) is 0 Å². The van der Waals surface area contributed by atoms with Crippen molar-refractivity contribution in [3.63, 3.8) is 0 Å². The number of carbonyl (C=O) groups is 1. The van der Waals surface area contributed by atoms with Gasteiger partial charge in [0.05, 0.1) is 0 Å². The van der Waals surface area contributed by atoms with Crippen molar-refractivity contribution in [3.05, 3.63) is 35.9 Å². The number of benzene rings is 1. The standard InChI is InChI=1S/C8H7O.Pd/c1-7(9)8-5-3-2-4-6-8;/h2-6H,1H2;. The summed E-state index contributed by atoms with van der Waals surface area (Å²) >= 11 is 2.86. The Kier molecular flexibility index (Phi) is 2.80. The molecule has 0 amide bonds. The third-order valence-corrected chi connectivity index (χ3v) is 1.70. The van der Waals surface area contributed by atoms with Crippen LogP contribution >= 0.6 is 0 Å². The summed E-state index contributed by atoms with van der Waals surface area (Å²) in [5, 5.41) is 0. The Morgan fingerprint density at radius 1 is 1.30 bits per heavy atom. The topological polar surface area (TPSA) is 17.1 Å². The SMILES string of the molecule is O=C([CH2][Pd])c1ccccc1. The Balaban J connectivity index is 2.85. The number of ketones is 1. The van der Waals surface area contributed by atoms with E-state index in [-0.39, 0.29) is 5.78 Å². The molecular formula is C8H7OPd. The van der Waals surface area contributed by atoms with E-state index in [1.807, 2.05) is 30.3 Å². The van der Waals surface area contributed by atoms with E-state index in [0.717, 1.165) is 5.56 Å². The summed E-state index contributed by atoms with van der Waals surface area (Å²) in [6.45, 7) is 0. The van der Waals surface area contributed by atoms with E-state index in [1.54, 1.807) is 0 Å². The molecule has 0 spiro atoms. The second kappa shape index (κ2) is 3.66. The van der Waals surface area contributed by atoms with Crippen LogP contribution in [0.2, 0.25) is 4.89 Å². The summed E-state index contributed by atoms with van der Waals surface area (Å²) < 4.78 is 0. The third kappa shape index (κ3) is 1.77. The molecule has 0 atom stereocenters. The van der Waals surface area contributed by atoms with Gasteiger partial charge in [-0.1, -0.05) is 0 Å². The summed E-state index contributed by atoms with van der Waals surface area (Å²) in [6, 6.07) is 9.25. The predicted molar refractivity (Wildman–Crippen MR) is 35.6 cm³/mol. The Hall–Kier alpha value is -0.448. The fourth-order valence-corrected chi connectivity index (χ4v) is 1.01. The number of carbonyl (C=O) groups excluding carboxylic acids is 1. The zero-order valence-electron chi connectivity index (χ0n) is 5.32. The van der Waals surface area contributed by atoms with Gasteiger partial charge in [-0.3, -0.25) is 0 Å². The van der Waals surface area contributed by atoms with Crippen molar-refractivity contribution in [1.29, 1.82) is 0 Å². The molecule has 0 bridgehead atoms. The molecule has 0 unspecified atom stereocenters. The maximum absolute atomic E-state index is 11.0.